The van der Waals surface area contributed by atoms with Crippen molar-refractivity contribution in [3.05, 3.63) is 28.9 Å². The van der Waals surface area contributed by atoms with Gasteiger partial charge in [0.25, 0.3) is 0 Å². The number of aliphatic hydroxyl groups excluding tert-OH is 2. The van der Waals surface area contributed by atoms with E-state index in [4.69, 9.17) is 4.52 Å². The van der Waals surface area contributed by atoms with Gasteiger partial charge in [-0.2, -0.15) is 0 Å². The number of nitrogens with one attached hydrogen (secondary N) is 1. The monoisotopic (exact) mass is 347 g/mol. The Kier molecular flexibility index (Phi) is 4.35. The summed E-state index contributed by atoms with van der Waals surface area (Å²) >= 11 is 0. The predicted molar refractivity (Wildman–Crippen MR) is 88.7 cm³/mol. The molecule has 2 saturated carbocycles. The standard InChI is InChI=1S/C17H25N5O3/c1-9-13(10(2)25-20-9)6-18-14-5-12(16(23)17(14)24)7-22-8-15(19-21-22)11-3-4-11/h8,11-12,14,16-18,23-24H,3-7H2,1-2H3/t12-,14-,16-,17+/m1/s1. The van der Waals surface area contributed by atoms with Crippen LogP contribution >= 0.6 is 0 Å². The molecule has 0 unspecified atom stereocenters. The van der Waals surface area contributed by atoms with Gasteiger partial charge in [0, 0.05) is 42.7 Å². The van der Waals surface area contributed by atoms with Crippen LogP contribution < -0.4 is 5.32 Å². The lowest BCUT2D eigenvalue weighted by molar-refractivity contribution is 0.00720. The minimum absolute atomic E-state index is 0.0501. The van der Waals surface area contributed by atoms with Crippen LogP contribution in [0.4, 0.5) is 0 Å². The van der Waals surface area contributed by atoms with E-state index in [1.165, 1.54) is 12.8 Å². The fraction of sp³-hybridized carbons (Fsp3) is 0.706. The van der Waals surface area contributed by atoms with E-state index >= 15 is 0 Å². The molecule has 0 aliphatic heterocycles. The number of rotatable bonds is 6. The highest BCUT2D eigenvalue weighted by Gasteiger charge is 2.41. The third kappa shape index (κ3) is 3.33. The molecule has 25 heavy (non-hydrogen) atoms. The molecule has 0 bridgehead atoms. The summed E-state index contributed by atoms with van der Waals surface area (Å²) in [6, 6.07) is -0.167. The largest absolute Gasteiger partial charge is 0.390 e. The first-order valence-electron chi connectivity index (χ1n) is 8.94. The number of aromatic nitrogens is 4. The first-order chi connectivity index (χ1) is 12.0. The summed E-state index contributed by atoms with van der Waals surface area (Å²) in [5.41, 5.74) is 2.90. The molecule has 8 nitrogen and oxygen atoms in total. The summed E-state index contributed by atoms with van der Waals surface area (Å²) in [5, 5.41) is 36.4. The molecule has 2 aromatic rings. The van der Waals surface area contributed by atoms with E-state index < -0.39 is 12.2 Å². The maximum atomic E-state index is 10.4. The molecule has 3 N–H and O–H groups in total. The summed E-state index contributed by atoms with van der Waals surface area (Å²) in [4.78, 5) is 0. The van der Waals surface area contributed by atoms with E-state index in [-0.39, 0.29) is 12.0 Å². The molecular weight excluding hydrogens is 322 g/mol. The molecule has 0 saturated heterocycles. The molecule has 2 heterocycles. The van der Waals surface area contributed by atoms with Crippen molar-refractivity contribution in [2.45, 2.75) is 70.4 Å². The maximum Gasteiger partial charge on any atom is 0.138 e. The van der Waals surface area contributed by atoms with E-state index in [1.807, 2.05) is 20.0 Å². The molecule has 0 spiro atoms. The second-order valence-electron chi connectivity index (χ2n) is 7.41. The van der Waals surface area contributed by atoms with Crippen molar-refractivity contribution < 1.29 is 14.7 Å². The Morgan fingerprint density at radius 1 is 1.28 bits per heavy atom. The summed E-state index contributed by atoms with van der Waals surface area (Å²) in [6.07, 6.45) is 3.48. The predicted octanol–water partition coefficient (Wildman–Crippen LogP) is 0.660. The highest BCUT2D eigenvalue weighted by atomic mass is 16.5. The highest BCUT2D eigenvalue weighted by molar-refractivity contribution is 5.20. The normalized spacial score (nSPS) is 29.4. The lowest BCUT2D eigenvalue weighted by atomic mass is 10.1. The number of aliphatic hydroxyl groups is 2. The first kappa shape index (κ1) is 16.7. The average molecular weight is 347 g/mol. The molecule has 8 heteroatoms. The molecule has 2 aliphatic carbocycles. The van der Waals surface area contributed by atoms with Crippen LogP contribution in [0.3, 0.4) is 0 Å². The van der Waals surface area contributed by atoms with Gasteiger partial charge in [0.1, 0.15) is 5.76 Å². The van der Waals surface area contributed by atoms with Crippen molar-refractivity contribution in [2.24, 2.45) is 5.92 Å². The quantitative estimate of drug-likeness (QED) is 0.704. The van der Waals surface area contributed by atoms with Crippen LogP contribution in [-0.2, 0) is 13.1 Å². The Balaban J connectivity index is 1.36. The Morgan fingerprint density at radius 2 is 2.08 bits per heavy atom. The van der Waals surface area contributed by atoms with Gasteiger partial charge < -0.3 is 20.1 Å². The Bertz CT molecular complexity index is 719. The molecule has 2 aliphatic rings. The fourth-order valence-corrected chi connectivity index (χ4v) is 3.70. The Labute approximate surface area is 146 Å². The Hall–Kier alpha value is -1.77. The summed E-state index contributed by atoms with van der Waals surface area (Å²) < 4.78 is 6.96. The van der Waals surface area contributed by atoms with Gasteiger partial charge in [-0.05, 0) is 33.1 Å². The average Bonchev–Trinajstić information content (AvgIpc) is 3.19. The van der Waals surface area contributed by atoms with Crippen LogP contribution in [0, 0.1) is 19.8 Å². The SMILES string of the molecule is Cc1noc(C)c1CN[C@@H]1C[C@H](Cn2cc(C3CC3)nn2)[C@@H](O)[C@H]1O. The number of nitrogens with zero attached hydrogens (tertiary/aromatic N) is 4. The Morgan fingerprint density at radius 3 is 2.76 bits per heavy atom. The van der Waals surface area contributed by atoms with Gasteiger partial charge in [0.2, 0.25) is 0 Å². The number of hydrogen-bond acceptors (Lipinski definition) is 7. The van der Waals surface area contributed by atoms with Crippen LogP contribution in [0.5, 0.6) is 0 Å². The molecule has 0 amide bonds. The third-order valence-electron chi connectivity index (χ3n) is 5.50. The highest BCUT2D eigenvalue weighted by Crippen LogP contribution is 2.38. The summed E-state index contributed by atoms with van der Waals surface area (Å²) in [6.45, 7) is 4.92. The first-order valence-corrected chi connectivity index (χ1v) is 8.94. The van der Waals surface area contributed by atoms with Crippen LogP contribution in [0.15, 0.2) is 10.7 Å². The molecule has 2 aromatic heterocycles. The van der Waals surface area contributed by atoms with Crippen LogP contribution in [0.1, 0.15) is 47.9 Å². The molecule has 4 rings (SSSR count). The molecular formula is C17H25N5O3. The van der Waals surface area contributed by atoms with Crippen LogP contribution in [0.2, 0.25) is 0 Å². The van der Waals surface area contributed by atoms with Gasteiger partial charge >= 0.3 is 0 Å². The van der Waals surface area contributed by atoms with Gasteiger partial charge in [0.05, 0.1) is 23.6 Å². The molecule has 2 fully saturated rings. The zero-order valence-electron chi connectivity index (χ0n) is 14.6. The van der Waals surface area contributed by atoms with Crippen molar-refractivity contribution in [1.82, 2.24) is 25.5 Å². The second-order valence-corrected chi connectivity index (χ2v) is 7.41. The van der Waals surface area contributed by atoms with Gasteiger partial charge in [0.15, 0.2) is 0 Å². The number of hydrogen-bond donors (Lipinski definition) is 3. The van der Waals surface area contributed by atoms with Crippen molar-refractivity contribution in [2.75, 3.05) is 0 Å². The van der Waals surface area contributed by atoms with Crippen molar-refractivity contribution in [1.29, 1.82) is 0 Å². The minimum Gasteiger partial charge on any atom is -0.390 e. The molecule has 0 aromatic carbocycles. The zero-order chi connectivity index (χ0) is 17.6. The number of aryl methyl sites for hydroxylation is 2. The second kappa shape index (κ2) is 6.51. The molecule has 0 radical (unpaired) electrons. The smallest absolute Gasteiger partial charge is 0.138 e. The van der Waals surface area contributed by atoms with Gasteiger partial charge in [-0.1, -0.05) is 10.4 Å². The third-order valence-corrected chi connectivity index (χ3v) is 5.50. The van der Waals surface area contributed by atoms with E-state index in [1.54, 1.807) is 4.68 Å². The lowest BCUT2D eigenvalue weighted by Crippen LogP contribution is -2.39. The van der Waals surface area contributed by atoms with Crippen molar-refractivity contribution in [3.8, 4) is 0 Å². The van der Waals surface area contributed by atoms with E-state index in [2.05, 4.69) is 20.8 Å². The van der Waals surface area contributed by atoms with Crippen LogP contribution in [-0.4, -0.2) is 48.6 Å². The lowest BCUT2D eigenvalue weighted by Gasteiger charge is -2.18. The fourth-order valence-electron chi connectivity index (χ4n) is 3.70. The van der Waals surface area contributed by atoms with E-state index in [9.17, 15) is 10.2 Å². The van der Waals surface area contributed by atoms with Crippen LogP contribution in [0.25, 0.3) is 0 Å². The van der Waals surface area contributed by atoms with Gasteiger partial charge in [-0.15, -0.1) is 5.10 Å². The molecule has 4 atom stereocenters. The maximum absolute atomic E-state index is 10.4. The van der Waals surface area contributed by atoms with Gasteiger partial charge in [-0.3, -0.25) is 4.68 Å². The van der Waals surface area contributed by atoms with E-state index in [0.717, 1.165) is 22.7 Å². The zero-order valence-corrected chi connectivity index (χ0v) is 14.6. The van der Waals surface area contributed by atoms with E-state index in [0.29, 0.717) is 25.4 Å². The topological polar surface area (TPSA) is 109 Å². The summed E-state index contributed by atoms with van der Waals surface area (Å²) in [5.74, 6) is 1.30. The minimum atomic E-state index is -0.795. The van der Waals surface area contributed by atoms with Crippen molar-refractivity contribution in [3.63, 3.8) is 0 Å². The summed E-state index contributed by atoms with van der Waals surface area (Å²) in [7, 11) is 0. The molecule has 136 valence electrons. The van der Waals surface area contributed by atoms with Crippen molar-refractivity contribution >= 4 is 0 Å². The van der Waals surface area contributed by atoms with Gasteiger partial charge in [-0.25, -0.2) is 0 Å².